The molecule has 8 heteroatoms. The smallest absolute Gasteiger partial charge is 0.304 e. The van der Waals surface area contributed by atoms with Crippen LogP contribution in [-0.4, -0.2) is 36.4 Å². The summed E-state index contributed by atoms with van der Waals surface area (Å²) in [5, 5.41) is 8.77. The van der Waals surface area contributed by atoms with Crippen molar-refractivity contribution in [3.8, 4) is 0 Å². The number of hydrogen-bond donors (Lipinski definition) is 1. The van der Waals surface area contributed by atoms with Crippen LogP contribution in [0.5, 0.6) is 0 Å². The average Bonchev–Trinajstić information content (AvgIpc) is 2.76. The number of rotatable bonds is 4. The maximum absolute atomic E-state index is 13.6. The van der Waals surface area contributed by atoms with Crippen LogP contribution < -0.4 is 0 Å². The molecule has 1 N–H and O–H groups in total. The first-order valence-electron chi connectivity index (χ1n) is 6.01. The molecule has 1 saturated heterocycles. The van der Waals surface area contributed by atoms with E-state index in [-0.39, 0.29) is 13.0 Å². The van der Waals surface area contributed by atoms with Crippen LogP contribution in [0.4, 0.5) is 8.78 Å². The maximum atomic E-state index is 13.6. The van der Waals surface area contributed by atoms with Crippen LogP contribution in [0.2, 0.25) is 0 Å². The second-order valence-electron chi connectivity index (χ2n) is 4.58. The second-order valence-corrected chi connectivity index (χ2v) is 6.44. The molecule has 0 spiro atoms. The fraction of sp³-hybridized carbons (Fsp3) is 0.417. The molecule has 20 heavy (non-hydrogen) atoms. The van der Waals surface area contributed by atoms with Gasteiger partial charge in [0.1, 0.15) is 16.5 Å². The SMILES string of the molecule is O=C(O)CC1CCCN1S(=O)(=O)c1ccc(F)cc1F. The van der Waals surface area contributed by atoms with E-state index in [2.05, 4.69) is 0 Å². The van der Waals surface area contributed by atoms with Crippen molar-refractivity contribution in [2.45, 2.75) is 30.2 Å². The van der Waals surface area contributed by atoms with Crippen molar-refractivity contribution < 1.29 is 27.1 Å². The minimum absolute atomic E-state index is 0.136. The van der Waals surface area contributed by atoms with Gasteiger partial charge < -0.3 is 5.11 Å². The number of sulfonamides is 1. The summed E-state index contributed by atoms with van der Waals surface area (Å²) in [7, 11) is -4.15. The number of benzene rings is 1. The van der Waals surface area contributed by atoms with E-state index >= 15 is 0 Å². The molecule has 1 fully saturated rings. The van der Waals surface area contributed by atoms with Crippen molar-refractivity contribution >= 4 is 16.0 Å². The highest BCUT2D eigenvalue weighted by Gasteiger charge is 2.37. The number of carboxylic acids is 1. The van der Waals surface area contributed by atoms with E-state index in [1.165, 1.54) is 0 Å². The molecule has 0 saturated carbocycles. The fourth-order valence-electron chi connectivity index (χ4n) is 2.34. The molecular weight excluding hydrogens is 292 g/mol. The van der Waals surface area contributed by atoms with Gasteiger partial charge in [0.25, 0.3) is 0 Å². The van der Waals surface area contributed by atoms with Crippen molar-refractivity contribution in [1.29, 1.82) is 0 Å². The third kappa shape index (κ3) is 2.80. The standard InChI is InChI=1S/C12H13F2NO4S/c13-8-3-4-11(10(14)6-8)20(18,19)15-5-1-2-9(15)7-12(16)17/h3-4,6,9H,1-2,5,7H2,(H,16,17). The summed E-state index contributed by atoms with van der Waals surface area (Å²) in [6.45, 7) is 0.136. The van der Waals surface area contributed by atoms with Crippen molar-refractivity contribution in [2.24, 2.45) is 0 Å². The first kappa shape index (κ1) is 14.9. The monoisotopic (exact) mass is 305 g/mol. The highest BCUT2D eigenvalue weighted by atomic mass is 32.2. The van der Waals surface area contributed by atoms with Crippen LogP contribution in [0, 0.1) is 11.6 Å². The van der Waals surface area contributed by atoms with E-state index in [9.17, 15) is 22.0 Å². The van der Waals surface area contributed by atoms with Crippen LogP contribution in [0.25, 0.3) is 0 Å². The Morgan fingerprint density at radius 3 is 2.70 bits per heavy atom. The minimum Gasteiger partial charge on any atom is -0.481 e. The summed E-state index contributed by atoms with van der Waals surface area (Å²) in [4.78, 5) is 10.1. The predicted octanol–water partition coefficient (Wildman–Crippen LogP) is 1.59. The molecule has 5 nitrogen and oxygen atoms in total. The van der Waals surface area contributed by atoms with Gasteiger partial charge in [-0.3, -0.25) is 4.79 Å². The van der Waals surface area contributed by atoms with Crippen molar-refractivity contribution in [3.05, 3.63) is 29.8 Å². The molecule has 1 aromatic rings. The zero-order valence-corrected chi connectivity index (χ0v) is 11.2. The molecular formula is C12H13F2NO4S. The zero-order valence-electron chi connectivity index (χ0n) is 10.4. The normalized spacial score (nSPS) is 20.2. The van der Waals surface area contributed by atoms with Crippen molar-refractivity contribution in [3.63, 3.8) is 0 Å². The number of aliphatic carboxylic acids is 1. The Morgan fingerprint density at radius 2 is 2.10 bits per heavy atom. The summed E-state index contributed by atoms with van der Waals surface area (Å²) in [5.41, 5.74) is 0. The summed E-state index contributed by atoms with van der Waals surface area (Å²) >= 11 is 0. The van der Waals surface area contributed by atoms with E-state index in [1.54, 1.807) is 0 Å². The van der Waals surface area contributed by atoms with E-state index in [1.807, 2.05) is 0 Å². The minimum atomic E-state index is -4.15. The molecule has 1 aliphatic rings. The summed E-state index contributed by atoms with van der Waals surface area (Å²) in [6, 6.07) is 1.52. The molecule has 1 heterocycles. The van der Waals surface area contributed by atoms with Gasteiger partial charge in [0, 0.05) is 18.7 Å². The molecule has 0 amide bonds. The van der Waals surface area contributed by atoms with Crippen molar-refractivity contribution in [2.75, 3.05) is 6.54 Å². The molecule has 110 valence electrons. The van der Waals surface area contributed by atoms with Gasteiger partial charge in [0.05, 0.1) is 6.42 Å². The number of carboxylic acid groups (broad SMARTS) is 1. The lowest BCUT2D eigenvalue weighted by molar-refractivity contribution is -0.137. The lowest BCUT2D eigenvalue weighted by Crippen LogP contribution is -2.37. The van der Waals surface area contributed by atoms with E-state index in [4.69, 9.17) is 5.11 Å². The summed E-state index contributed by atoms with van der Waals surface area (Å²) < 4.78 is 52.1. The number of nitrogens with zero attached hydrogens (tertiary/aromatic N) is 1. The maximum Gasteiger partial charge on any atom is 0.304 e. The lowest BCUT2D eigenvalue weighted by atomic mass is 10.2. The Balaban J connectivity index is 2.36. The Kier molecular flexibility index (Phi) is 4.05. The van der Waals surface area contributed by atoms with Gasteiger partial charge in [-0.2, -0.15) is 4.31 Å². The fourth-order valence-corrected chi connectivity index (χ4v) is 4.08. The highest BCUT2D eigenvalue weighted by molar-refractivity contribution is 7.89. The molecule has 0 bridgehead atoms. The number of carbonyl (C=O) groups is 1. The summed E-state index contributed by atoms with van der Waals surface area (Å²) in [6.07, 6.45) is 0.594. The first-order chi connectivity index (χ1) is 9.32. The molecule has 0 radical (unpaired) electrons. The molecule has 1 aromatic carbocycles. The molecule has 2 rings (SSSR count). The third-order valence-corrected chi connectivity index (χ3v) is 5.20. The zero-order chi connectivity index (χ0) is 14.9. The van der Waals surface area contributed by atoms with Gasteiger partial charge >= 0.3 is 5.97 Å². The van der Waals surface area contributed by atoms with Crippen LogP contribution >= 0.6 is 0 Å². The van der Waals surface area contributed by atoms with Gasteiger partial charge in [-0.25, -0.2) is 17.2 Å². The van der Waals surface area contributed by atoms with Gasteiger partial charge in [-0.05, 0) is 25.0 Å². The van der Waals surface area contributed by atoms with Crippen molar-refractivity contribution in [1.82, 2.24) is 4.31 Å². The molecule has 1 atom stereocenters. The molecule has 0 aliphatic carbocycles. The van der Waals surface area contributed by atoms with Crippen LogP contribution in [-0.2, 0) is 14.8 Å². The van der Waals surface area contributed by atoms with Gasteiger partial charge in [0.15, 0.2) is 0 Å². The molecule has 0 aromatic heterocycles. The molecule has 1 unspecified atom stereocenters. The first-order valence-corrected chi connectivity index (χ1v) is 7.45. The second kappa shape index (κ2) is 5.45. The van der Waals surface area contributed by atoms with E-state index < -0.39 is 38.6 Å². The largest absolute Gasteiger partial charge is 0.481 e. The topological polar surface area (TPSA) is 74.7 Å². The quantitative estimate of drug-likeness (QED) is 0.916. The predicted molar refractivity (Wildman–Crippen MR) is 65.5 cm³/mol. The Hall–Kier alpha value is -1.54. The van der Waals surface area contributed by atoms with Crippen LogP contribution in [0.15, 0.2) is 23.1 Å². The summed E-state index contributed by atoms with van der Waals surface area (Å²) in [5.74, 6) is -3.16. The Morgan fingerprint density at radius 1 is 1.40 bits per heavy atom. The van der Waals surface area contributed by atoms with Gasteiger partial charge in [-0.1, -0.05) is 0 Å². The highest BCUT2D eigenvalue weighted by Crippen LogP contribution is 2.29. The van der Waals surface area contributed by atoms with Gasteiger partial charge in [0.2, 0.25) is 10.0 Å². The number of hydrogen-bond acceptors (Lipinski definition) is 3. The van der Waals surface area contributed by atoms with Crippen LogP contribution in [0.3, 0.4) is 0 Å². The van der Waals surface area contributed by atoms with Gasteiger partial charge in [-0.15, -0.1) is 0 Å². The molecule has 1 aliphatic heterocycles. The van der Waals surface area contributed by atoms with Crippen LogP contribution in [0.1, 0.15) is 19.3 Å². The number of halogens is 2. The lowest BCUT2D eigenvalue weighted by Gasteiger charge is -2.23. The Labute approximate surface area is 114 Å². The van der Waals surface area contributed by atoms with E-state index in [0.717, 1.165) is 16.4 Å². The third-order valence-electron chi connectivity index (χ3n) is 3.21. The van der Waals surface area contributed by atoms with E-state index in [0.29, 0.717) is 18.9 Å². The Bertz CT molecular complexity index is 632. The average molecular weight is 305 g/mol.